The summed E-state index contributed by atoms with van der Waals surface area (Å²) in [6, 6.07) is 39.2. The van der Waals surface area contributed by atoms with E-state index in [1.54, 1.807) is 9.80 Å². The molecule has 0 radical (unpaired) electrons. The Morgan fingerprint density at radius 2 is 0.750 bits per heavy atom. The van der Waals surface area contributed by atoms with Crippen molar-refractivity contribution in [3.05, 3.63) is 144 Å². The molecule has 2 unspecified atom stereocenters. The van der Waals surface area contributed by atoms with Gasteiger partial charge in [-0.3, -0.25) is 9.80 Å². The Kier molecular flexibility index (Phi) is 9.92. The van der Waals surface area contributed by atoms with E-state index >= 15 is 0 Å². The molecule has 1 heterocycles. The summed E-state index contributed by atoms with van der Waals surface area (Å²) in [5, 5.41) is 0. The largest absolute Gasteiger partial charge is 0.356 e. The van der Waals surface area contributed by atoms with Gasteiger partial charge >= 0.3 is 6.03 Å². The lowest BCUT2D eigenvalue weighted by atomic mass is 10.2. The average Bonchev–Trinajstić information content (AvgIpc) is 3.26. The molecule has 0 N–H and O–H groups in total. The van der Waals surface area contributed by atoms with E-state index in [0.29, 0.717) is 26.4 Å². The van der Waals surface area contributed by atoms with E-state index in [1.807, 2.05) is 121 Å². The van der Waals surface area contributed by atoms with Crippen LogP contribution in [0.3, 0.4) is 0 Å². The van der Waals surface area contributed by atoms with Crippen LogP contribution in [-0.2, 0) is 45.4 Å². The molecule has 5 rings (SSSR count). The van der Waals surface area contributed by atoms with Crippen LogP contribution in [0.5, 0.6) is 0 Å². The Morgan fingerprint density at radius 1 is 0.450 bits per heavy atom. The van der Waals surface area contributed by atoms with Gasteiger partial charge in [-0.1, -0.05) is 121 Å². The van der Waals surface area contributed by atoms with Crippen molar-refractivity contribution in [2.45, 2.75) is 38.9 Å². The third-order valence-corrected chi connectivity index (χ3v) is 6.56. The first kappa shape index (κ1) is 27.6. The molecule has 0 aromatic heterocycles. The molecule has 206 valence electrons. The standard InChI is InChI=1S/C33H34N2O5/c36-33-34(25-37-21-27-13-5-1-6-14-27)31(39-23-29-17-9-3-10-18-29)32(40-24-30-19-11-4-12-20-30)35(33)26-38-22-28-15-7-2-8-16-28/h1-20,31-32H,21-26H2. The Hall–Kier alpha value is -4.01. The SMILES string of the molecule is O=C1N(COCc2ccccc2)C(OCc2ccccc2)C(OCc2ccccc2)N1COCc1ccccc1. The number of urea groups is 1. The van der Waals surface area contributed by atoms with E-state index in [9.17, 15) is 4.79 Å². The summed E-state index contributed by atoms with van der Waals surface area (Å²) < 4.78 is 24.7. The number of amides is 2. The first-order valence-electron chi connectivity index (χ1n) is 13.4. The zero-order chi connectivity index (χ0) is 27.4. The van der Waals surface area contributed by atoms with Crippen molar-refractivity contribution in [1.82, 2.24) is 9.80 Å². The van der Waals surface area contributed by atoms with Crippen molar-refractivity contribution in [2.24, 2.45) is 0 Å². The zero-order valence-electron chi connectivity index (χ0n) is 22.4. The Bertz CT molecular complexity index is 1190. The summed E-state index contributed by atoms with van der Waals surface area (Å²) in [7, 11) is 0. The highest BCUT2D eigenvalue weighted by atomic mass is 16.6. The lowest BCUT2D eigenvalue weighted by molar-refractivity contribution is -0.170. The van der Waals surface area contributed by atoms with Gasteiger partial charge in [-0.15, -0.1) is 0 Å². The number of nitrogens with zero attached hydrogens (tertiary/aromatic N) is 2. The lowest BCUT2D eigenvalue weighted by Gasteiger charge is -2.28. The van der Waals surface area contributed by atoms with Crippen LogP contribution in [0, 0.1) is 0 Å². The highest BCUT2D eigenvalue weighted by Gasteiger charge is 2.48. The molecule has 4 aromatic carbocycles. The van der Waals surface area contributed by atoms with Gasteiger partial charge in [0.15, 0.2) is 12.5 Å². The van der Waals surface area contributed by atoms with Gasteiger partial charge in [-0.2, -0.15) is 0 Å². The van der Waals surface area contributed by atoms with Gasteiger partial charge in [0.05, 0.1) is 26.4 Å². The minimum Gasteiger partial charge on any atom is -0.356 e. The van der Waals surface area contributed by atoms with Crippen LogP contribution < -0.4 is 0 Å². The van der Waals surface area contributed by atoms with Crippen molar-refractivity contribution in [3.63, 3.8) is 0 Å². The van der Waals surface area contributed by atoms with E-state index in [-0.39, 0.29) is 19.5 Å². The number of carbonyl (C=O) groups is 1. The smallest absolute Gasteiger partial charge is 0.328 e. The normalized spacial score (nSPS) is 16.9. The van der Waals surface area contributed by atoms with Gasteiger partial charge < -0.3 is 18.9 Å². The van der Waals surface area contributed by atoms with Crippen molar-refractivity contribution >= 4 is 6.03 Å². The van der Waals surface area contributed by atoms with Gasteiger partial charge in [0.2, 0.25) is 0 Å². The molecule has 7 heteroatoms. The quantitative estimate of drug-likeness (QED) is 0.193. The summed E-state index contributed by atoms with van der Waals surface area (Å²) in [5.74, 6) is 0. The van der Waals surface area contributed by atoms with E-state index in [4.69, 9.17) is 18.9 Å². The van der Waals surface area contributed by atoms with Crippen LogP contribution in [0.15, 0.2) is 121 Å². The molecular weight excluding hydrogens is 504 g/mol. The second kappa shape index (κ2) is 14.4. The molecule has 0 aliphatic carbocycles. The van der Waals surface area contributed by atoms with Crippen molar-refractivity contribution in [1.29, 1.82) is 0 Å². The van der Waals surface area contributed by atoms with Crippen LogP contribution in [0.4, 0.5) is 4.79 Å². The summed E-state index contributed by atoms with van der Waals surface area (Å²) >= 11 is 0. The van der Waals surface area contributed by atoms with Crippen molar-refractivity contribution < 1.29 is 23.7 Å². The number of rotatable bonds is 14. The van der Waals surface area contributed by atoms with Gasteiger partial charge in [0.1, 0.15) is 13.5 Å². The molecule has 1 aliphatic rings. The zero-order valence-corrected chi connectivity index (χ0v) is 22.4. The van der Waals surface area contributed by atoms with Crippen molar-refractivity contribution in [3.8, 4) is 0 Å². The predicted molar refractivity (Wildman–Crippen MR) is 151 cm³/mol. The van der Waals surface area contributed by atoms with E-state index < -0.39 is 12.5 Å². The molecule has 1 saturated heterocycles. The number of carbonyl (C=O) groups excluding carboxylic acids is 1. The molecule has 2 atom stereocenters. The maximum atomic E-state index is 13.8. The molecule has 0 saturated carbocycles. The van der Waals surface area contributed by atoms with Crippen LogP contribution in [0.2, 0.25) is 0 Å². The molecule has 40 heavy (non-hydrogen) atoms. The van der Waals surface area contributed by atoms with E-state index in [1.165, 1.54) is 0 Å². The van der Waals surface area contributed by atoms with Crippen LogP contribution in [-0.4, -0.2) is 41.7 Å². The summed E-state index contributed by atoms with van der Waals surface area (Å²) in [4.78, 5) is 16.9. The average molecular weight is 539 g/mol. The van der Waals surface area contributed by atoms with Gasteiger partial charge in [-0.05, 0) is 22.3 Å². The molecule has 7 nitrogen and oxygen atoms in total. The third-order valence-electron chi connectivity index (χ3n) is 6.56. The first-order chi connectivity index (χ1) is 19.8. The fraction of sp³-hybridized carbons (Fsp3) is 0.242. The van der Waals surface area contributed by atoms with Crippen LogP contribution in [0.25, 0.3) is 0 Å². The second-order valence-electron chi connectivity index (χ2n) is 9.52. The molecule has 2 amide bonds. The summed E-state index contributed by atoms with van der Waals surface area (Å²) in [6.07, 6.45) is -1.40. The highest BCUT2D eigenvalue weighted by Crippen LogP contribution is 2.27. The molecule has 1 aliphatic heterocycles. The highest BCUT2D eigenvalue weighted by molar-refractivity contribution is 5.77. The maximum absolute atomic E-state index is 13.8. The lowest BCUT2D eigenvalue weighted by Crippen LogP contribution is -2.42. The van der Waals surface area contributed by atoms with E-state index in [2.05, 4.69) is 0 Å². The van der Waals surface area contributed by atoms with Crippen molar-refractivity contribution in [2.75, 3.05) is 13.5 Å². The fourth-order valence-corrected chi connectivity index (χ4v) is 4.48. The minimum absolute atomic E-state index is 0.0492. The number of hydrogen-bond acceptors (Lipinski definition) is 5. The van der Waals surface area contributed by atoms with Crippen LogP contribution in [0.1, 0.15) is 22.3 Å². The first-order valence-corrected chi connectivity index (χ1v) is 13.4. The fourth-order valence-electron chi connectivity index (χ4n) is 4.48. The molecule has 0 bridgehead atoms. The van der Waals surface area contributed by atoms with E-state index in [0.717, 1.165) is 22.3 Å². The second-order valence-corrected chi connectivity index (χ2v) is 9.52. The minimum atomic E-state index is -0.701. The molecule has 4 aromatic rings. The number of benzene rings is 4. The van der Waals surface area contributed by atoms with Gasteiger partial charge in [0.25, 0.3) is 0 Å². The Balaban J connectivity index is 1.33. The molecule has 1 fully saturated rings. The molecular formula is C33H34N2O5. The number of hydrogen-bond donors (Lipinski definition) is 0. The Labute approximate surface area is 235 Å². The van der Waals surface area contributed by atoms with Gasteiger partial charge in [-0.25, -0.2) is 4.79 Å². The molecule has 0 spiro atoms. The monoisotopic (exact) mass is 538 g/mol. The summed E-state index contributed by atoms with van der Waals surface area (Å²) in [5.41, 5.74) is 4.05. The maximum Gasteiger partial charge on any atom is 0.328 e. The summed E-state index contributed by atoms with van der Waals surface area (Å²) in [6.45, 7) is 1.48. The number of ether oxygens (including phenoxy) is 4. The Morgan fingerprint density at radius 3 is 1.07 bits per heavy atom. The third kappa shape index (κ3) is 7.55. The topological polar surface area (TPSA) is 60.5 Å². The van der Waals surface area contributed by atoms with Crippen LogP contribution >= 0.6 is 0 Å². The van der Waals surface area contributed by atoms with Gasteiger partial charge in [0, 0.05) is 0 Å². The predicted octanol–water partition coefficient (Wildman–Crippen LogP) is 6.16.